The fourth-order valence-electron chi connectivity index (χ4n) is 3.72. The Labute approximate surface area is 178 Å². The lowest BCUT2D eigenvalue weighted by atomic mass is 10.1. The normalized spacial score (nSPS) is 15.2. The second-order valence-corrected chi connectivity index (χ2v) is 9.22. The average molecular weight is 431 g/mol. The van der Waals surface area contributed by atoms with Crippen molar-refractivity contribution in [1.82, 2.24) is 4.90 Å². The van der Waals surface area contributed by atoms with Crippen LogP contribution in [0.2, 0.25) is 0 Å². The van der Waals surface area contributed by atoms with Crippen LogP contribution in [0.5, 0.6) is 0 Å². The molecular formula is C22H30N4O3S. The number of amides is 1. The number of carbonyl (C=O) groups is 1. The van der Waals surface area contributed by atoms with E-state index in [4.69, 9.17) is 5.14 Å². The Hall–Kier alpha value is -2.42. The van der Waals surface area contributed by atoms with Crippen LogP contribution in [0.4, 0.5) is 11.4 Å². The summed E-state index contributed by atoms with van der Waals surface area (Å²) in [6.45, 7) is 9.55. The number of anilines is 2. The van der Waals surface area contributed by atoms with E-state index in [-0.39, 0.29) is 10.8 Å². The molecule has 0 atom stereocenters. The van der Waals surface area contributed by atoms with Crippen LogP contribution in [0, 0.1) is 6.92 Å². The van der Waals surface area contributed by atoms with Crippen molar-refractivity contribution in [2.45, 2.75) is 31.6 Å². The van der Waals surface area contributed by atoms with Crippen LogP contribution in [0.15, 0.2) is 47.4 Å². The first-order valence-corrected chi connectivity index (χ1v) is 11.8. The number of hydrogen-bond donors (Lipinski definition) is 2. The number of sulfonamides is 1. The molecule has 0 aromatic heterocycles. The molecule has 0 spiro atoms. The minimum Gasteiger partial charge on any atom is -0.369 e. The fourth-order valence-corrected chi connectivity index (χ4v) is 4.24. The molecule has 7 nitrogen and oxygen atoms in total. The Balaban J connectivity index is 1.53. The van der Waals surface area contributed by atoms with Crippen LogP contribution in [-0.2, 0) is 21.2 Å². The van der Waals surface area contributed by atoms with E-state index in [0.29, 0.717) is 12.8 Å². The maximum atomic E-state index is 12.3. The van der Waals surface area contributed by atoms with Gasteiger partial charge in [0.2, 0.25) is 15.9 Å². The standard InChI is InChI=1S/C22H30N4O3S/c1-3-25-12-14-26(15-13-25)21-10-7-19(16-17(21)2)24-22(27)11-6-18-4-8-20(9-5-18)30(23,28)29/h4-5,7-10,16H,3,6,11-15H2,1-2H3,(H,24,27)(H2,23,28,29). The highest BCUT2D eigenvalue weighted by molar-refractivity contribution is 7.89. The van der Waals surface area contributed by atoms with E-state index in [9.17, 15) is 13.2 Å². The first kappa shape index (κ1) is 22.3. The molecule has 2 aromatic carbocycles. The van der Waals surface area contributed by atoms with Crippen molar-refractivity contribution in [2.75, 3.05) is 42.9 Å². The number of nitrogens with two attached hydrogens (primary N) is 1. The maximum absolute atomic E-state index is 12.3. The van der Waals surface area contributed by atoms with Crippen LogP contribution in [0.1, 0.15) is 24.5 Å². The van der Waals surface area contributed by atoms with Gasteiger partial charge in [-0.05, 0) is 61.3 Å². The molecule has 1 aliphatic heterocycles. The fraction of sp³-hybridized carbons (Fsp3) is 0.409. The number of aryl methyl sites for hydroxylation is 2. The summed E-state index contributed by atoms with van der Waals surface area (Å²) in [5, 5.41) is 8.05. The van der Waals surface area contributed by atoms with E-state index in [0.717, 1.165) is 49.5 Å². The number of rotatable bonds is 7. The van der Waals surface area contributed by atoms with Crippen molar-refractivity contribution in [1.29, 1.82) is 0 Å². The number of piperazine rings is 1. The summed E-state index contributed by atoms with van der Waals surface area (Å²) in [5.41, 5.74) is 4.04. The molecule has 0 unspecified atom stereocenters. The molecule has 0 radical (unpaired) electrons. The van der Waals surface area contributed by atoms with E-state index < -0.39 is 10.0 Å². The third kappa shape index (κ3) is 5.81. The molecular weight excluding hydrogens is 400 g/mol. The van der Waals surface area contributed by atoms with Gasteiger partial charge in [0.25, 0.3) is 0 Å². The second-order valence-electron chi connectivity index (χ2n) is 7.66. The van der Waals surface area contributed by atoms with Crippen molar-refractivity contribution in [3.63, 3.8) is 0 Å². The summed E-state index contributed by atoms with van der Waals surface area (Å²) in [6, 6.07) is 12.3. The van der Waals surface area contributed by atoms with Crippen LogP contribution in [0.25, 0.3) is 0 Å². The Kier molecular flexibility index (Phi) is 7.12. The summed E-state index contributed by atoms with van der Waals surface area (Å²) in [6.07, 6.45) is 0.837. The quantitative estimate of drug-likeness (QED) is 0.703. The van der Waals surface area contributed by atoms with Gasteiger partial charge in [0.15, 0.2) is 0 Å². The summed E-state index contributed by atoms with van der Waals surface area (Å²) in [4.78, 5) is 17.3. The van der Waals surface area contributed by atoms with Crippen molar-refractivity contribution < 1.29 is 13.2 Å². The van der Waals surface area contributed by atoms with Crippen LogP contribution < -0.4 is 15.4 Å². The predicted molar refractivity (Wildman–Crippen MR) is 120 cm³/mol. The highest BCUT2D eigenvalue weighted by atomic mass is 32.2. The molecule has 3 N–H and O–H groups in total. The van der Waals surface area contributed by atoms with Crippen molar-refractivity contribution in [2.24, 2.45) is 5.14 Å². The third-order valence-corrected chi connectivity index (χ3v) is 6.46. The lowest BCUT2D eigenvalue weighted by Gasteiger charge is -2.36. The Bertz CT molecular complexity index is 982. The highest BCUT2D eigenvalue weighted by Crippen LogP contribution is 2.25. The van der Waals surface area contributed by atoms with E-state index in [2.05, 4.69) is 35.0 Å². The maximum Gasteiger partial charge on any atom is 0.238 e. The van der Waals surface area contributed by atoms with Gasteiger partial charge in [-0.1, -0.05) is 19.1 Å². The van der Waals surface area contributed by atoms with Gasteiger partial charge in [-0.3, -0.25) is 4.79 Å². The van der Waals surface area contributed by atoms with Gasteiger partial charge in [0.05, 0.1) is 4.90 Å². The smallest absolute Gasteiger partial charge is 0.238 e. The number of carbonyl (C=O) groups excluding carboxylic acids is 1. The second kappa shape index (κ2) is 9.59. The van der Waals surface area contributed by atoms with Gasteiger partial charge in [0, 0.05) is 44.0 Å². The molecule has 2 aromatic rings. The van der Waals surface area contributed by atoms with Gasteiger partial charge >= 0.3 is 0 Å². The largest absolute Gasteiger partial charge is 0.369 e. The molecule has 8 heteroatoms. The predicted octanol–water partition coefficient (Wildman–Crippen LogP) is 2.36. The molecule has 30 heavy (non-hydrogen) atoms. The number of primary sulfonamides is 1. The Morgan fingerprint density at radius 1 is 1.07 bits per heavy atom. The lowest BCUT2D eigenvalue weighted by molar-refractivity contribution is -0.116. The summed E-state index contributed by atoms with van der Waals surface area (Å²) >= 11 is 0. The Morgan fingerprint density at radius 2 is 1.73 bits per heavy atom. The molecule has 1 fully saturated rings. The highest BCUT2D eigenvalue weighted by Gasteiger charge is 2.17. The number of likely N-dealkylation sites (N-methyl/N-ethyl adjacent to an activating group) is 1. The average Bonchev–Trinajstić information content (AvgIpc) is 2.72. The molecule has 3 rings (SSSR count). The van der Waals surface area contributed by atoms with Crippen molar-refractivity contribution in [3.05, 3.63) is 53.6 Å². The molecule has 1 amide bonds. The van der Waals surface area contributed by atoms with Gasteiger partial charge in [0.1, 0.15) is 0 Å². The van der Waals surface area contributed by atoms with Crippen molar-refractivity contribution in [3.8, 4) is 0 Å². The number of benzene rings is 2. The van der Waals surface area contributed by atoms with Crippen molar-refractivity contribution >= 4 is 27.3 Å². The van der Waals surface area contributed by atoms with Gasteiger partial charge < -0.3 is 15.1 Å². The van der Waals surface area contributed by atoms with E-state index in [1.807, 2.05) is 12.1 Å². The van der Waals surface area contributed by atoms with Gasteiger partial charge in [-0.15, -0.1) is 0 Å². The van der Waals surface area contributed by atoms with Gasteiger partial charge in [-0.2, -0.15) is 0 Å². The first-order valence-electron chi connectivity index (χ1n) is 10.3. The van der Waals surface area contributed by atoms with Crippen LogP contribution >= 0.6 is 0 Å². The molecule has 1 aliphatic rings. The summed E-state index contributed by atoms with van der Waals surface area (Å²) in [7, 11) is -3.70. The summed E-state index contributed by atoms with van der Waals surface area (Å²) in [5.74, 6) is -0.0748. The molecule has 162 valence electrons. The molecule has 1 heterocycles. The minimum atomic E-state index is -3.70. The number of hydrogen-bond acceptors (Lipinski definition) is 5. The number of nitrogens with one attached hydrogen (secondary N) is 1. The zero-order chi connectivity index (χ0) is 21.7. The van der Waals surface area contributed by atoms with Crippen LogP contribution in [0.3, 0.4) is 0 Å². The van der Waals surface area contributed by atoms with Crippen LogP contribution in [-0.4, -0.2) is 51.9 Å². The zero-order valence-electron chi connectivity index (χ0n) is 17.6. The lowest BCUT2D eigenvalue weighted by Crippen LogP contribution is -2.46. The van der Waals surface area contributed by atoms with Gasteiger partial charge in [-0.25, -0.2) is 13.6 Å². The SMILES string of the molecule is CCN1CCN(c2ccc(NC(=O)CCc3ccc(S(N)(=O)=O)cc3)cc2C)CC1. The molecule has 1 saturated heterocycles. The van der Waals surface area contributed by atoms with E-state index in [1.165, 1.54) is 17.8 Å². The third-order valence-electron chi connectivity index (χ3n) is 5.53. The first-order chi connectivity index (χ1) is 14.3. The molecule has 0 saturated carbocycles. The Morgan fingerprint density at radius 3 is 2.30 bits per heavy atom. The summed E-state index contributed by atoms with van der Waals surface area (Å²) < 4.78 is 22.6. The topological polar surface area (TPSA) is 95.7 Å². The van der Waals surface area contributed by atoms with E-state index >= 15 is 0 Å². The number of nitrogens with zero attached hydrogens (tertiary/aromatic N) is 2. The molecule has 0 aliphatic carbocycles. The molecule has 0 bridgehead atoms. The minimum absolute atomic E-state index is 0.0716. The van der Waals surface area contributed by atoms with E-state index in [1.54, 1.807) is 12.1 Å². The monoisotopic (exact) mass is 430 g/mol. The zero-order valence-corrected chi connectivity index (χ0v) is 18.4.